The Bertz CT molecular complexity index is 1260. The van der Waals surface area contributed by atoms with E-state index in [2.05, 4.69) is 32.5 Å². The Morgan fingerprint density at radius 2 is 1.88 bits per heavy atom. The molecule has 0 aliphatic carbocycles. The molecule has 3 heterocycles. The summed E-state index contributed by atoms with van der Waals surface area (Å²) in [5, 5.41) is 28.3. The second kappa shape index (κ2) is 8.51. The van der Waals surface area contributed by atoms with E-state index in [0.717, 1.165) is 29.1 Å². The molecule has 1 aliphatic rings. The van der Waals surface area contributed by atoms with Gasteiger partial charge in [-0.2, -0.15) is 10.1 Å². The Morgan fingerprint density at radius 1 is 1.09 bits per heavy atom. The van der Waals surface area contributed by atoms with Gasteiger partial charge in [-0.25, -0.2) is 4.68 Å². The lowest BCUT2D eigenvalue weighted by molar-refractivity contribution is 0.219. The van der Waals surface area contributed by atoms with E-state index in [-0.39, 0.29) is 5.88 Å². The van der Waals surface area contributed by atoms with Crippen LogP contribution < -0.4 is 10.1 Å². The number of anilines is 1. The van der Waals surface area contributed by atoms with Crippen LogP contribution in [-0.2, 0) is 0 Å². The van der Waals surface area contributed by atoms with Crippen LogP contribution in [0.1, 0.15) is 30.8 Å². The van der Waals surface area contributed by atoms with Crippen molar-refractivity contribution in [2.75, 3.05) is 11.1 Å². The first kappa shape index (κ1) is 20.3. The van der Waals surface area contributed by atoms with E-state index < -0.39 is 6.23 Å². The topological polar surface area (TPSA) is 98.0 Å². The van der Waals surface area contributed by atoms with Gasteiger partial charge >= 0.3 is 0 Å². The van der Waals surface area contributed by atoms with Crippen molar-refractivity contribution in [2.45, 2.75) is 31.7 Å². The second-order valence-corrected chi connectivity index (χ2v) is 8.42. The molecular weight excluding hydrogens is 424 g/mol. The highest BCUT2D eigenvalue weighted by Gasteiger charge is 2.31. The molecule has 2 N–H and O–H groups in total. The van der Waals surface area contributed by atoms with E-state index in [9.17, 15) is 5.11 Å². The number of thioether (sulfide) groups is 1. The summed E-state index contributed by atoms with van der Waals surface area (Å²) in [4.78, 5) is 4.63. The van der Waals surface area contributed by atoms with Crippen molar-refractivity contribution in [2.24, 2.45) is 0 Å². The average Bonchev–Trinajstić information content (AvgIpc) is 3.02. The van der Waals surface area contributed by atoms with Gasteiger partial charge in [0.1, 0.15) is 0 Å². The highest BCUT2D eigenvalue weighted by molar-refractivity contribution is 7.99. The quantitative estimate of drug-likeness (QED) is 0.424. The van der Waals surface area contributed by atoms with Gasteiger partial charge in [0, 0.05) is 17.0 Å². The molecule has 0 fully saturated rings. The van der Waals surface area contributed by atoms with Crippen molar-refractivity contribution < 1.29 is 9.84 Å². The SMILES string of the molecule is CCCSc1nnc2c(n1)OC(c1c(C)nn(-c3ccccc3)c1O)Nc1ccccc1-2. The van der Waals surface area contributed by atoms with Crippen molar-refractivity contribution in [1.29, 1.82) is 0 Å². The van der Waals surface area contributed by atoms with Crippen LogP contribution in [0, 0.1) is 6.92 Å². The molecule has 0 saturated heterocycles. The number of aromatic hydroxyl groups is 1. The van der Waals surface area contributed by atoms with Gasteiger partial charge in [-0.1, -0.05) is 55.1 Å². The van der Waals surface area contributed by atoms with Crippen molar-refractivity contribution >= 4 is 17.4 Å². The zero-order valence-electron chi connectivity index (χ0n) is 17.7. The summed E-state index contributed by atoms with van der Waals surface area (Å²) >= 11 is 1.54. The molecule has 1 atom stereocenters. The Balaban J connectivity index is 1.61. The number of nitrogens with zero attached hydrogens (tertiary/aromatic N) is 5. The van der Waals surface area contributed by atoms with Gasteiger partial charge in [0.15, 0.2) is 5.69 Å². The van der Waals surface area contributed by atoms with E-state index >= 15 is 0 Å². The number of hydrogen-bond donors (Lipinski definition) is 2. The third kappa shape index (κ3) is 3.64. The van der Waals surface area contributed by atoms with Crippen molar-refractivity contribution in [1.82, 2.24) is 25.0 Å². The van der Waals surface area contributed by atoms with Crippen LogP contribution >= 0.6 is 11.8 Å². The fraction of sp³-hybridized carbons (Fsp3) is 0.217. The Morgan fingerprint density at radius 3 is 2.69 bits per heavy atom. The van der Waals surface area contributed by atoms with Gasteiger partial charge in [0.25, 0.3) is 0 Å². The minimum absolute atomic E-state index is 0.00901. The number of fused-ring (bicyclic) bond motifs is 3. The van der Waals surface area contributed by atoms with Crippen molar-refractivity contribution in [3.63, 3.8) is 0 Å². The number of rotatable bonds is 5. The molecule has 0 amide bonds. The fourth-order valence-electron chi connectivity index (χ4n) is 3.62. The van der Waals surface area contributed by atoms with Crippen LogP contribution in [0.25, 0.3) is 16.9 Å². The summed E-state index contributed by atoms with van der Waals surface area (Å²) in [5.74, 6) is 1.27. The Kier molecular flexibility index (Phi) is 5.40. The molecule has 8 nitrogen and oxygen atoms in total. The minimum atomic E-state index is -0.712. The first-order chi connectivity index (χ1) is 15.7. The highest BCUT2D eigenvalue weighted by Crippen LogP contribution is 2.42. The first-order valence-corrected chi connectivity index (χ1v) is 11.4. The molecule has 2 aromatic carbocycles. The normalized spacial score (nSPS) is 14.6. The zero-order valence-corrected chi connectivity index (χ0v) is 18.5. The maximum absolute atomic E-state index is 11.1. The lowest BCUT2D eigenvalue weighted by Crippen LogP contribution is -2.18. The van der Waals surface area contributed by atoms with Crippen molar-refractivity contribution in [3.05, 3.63) is 65.9 Å². The van der Waals surface area contributed by atoms with Crippen LogP contribution in [0.2, 0.25) is 0 Å². The fourth-order valence-corrected chi connectivity index (χ4v) is 4.25. The summed E-state index contributed by atoms with van der Waals surface area (Å²) in [6, 6.07) is 17.2. The minimum Gasteiger partial charge on any atom is -0.493 e. The van der Waals surface area contributed by atoms with E-state index in [1.54, 1.807) is 0 Å². The molecular formula is C23H22N6O2S. The largest absolute Gasteiger partial charge is 0.493 e. The van der Waals surface area contributed by atoms with Gasteiger partial charge in [-0.05, 0) is 31.5 Å². The van der Waals surface area contributed by atoms with Gasteiger partial charge in [0.2, 0.25) is 23.1 Å². The van der Waals surface area contributed by atoms with Crippen LogP contribution in [-0.4, -0.2) is 35.8 Å². The van der Waals surface area contributed by atoms with Crippen LogP contribution in [0.3, 0.4) is 0 Å². The lowest BCUT2D eigenvalue weighted by atomic mass is 10.1. The lowest BCUT2D eigenvalue weighted by Gasteiger charge is -2.19. The Hall–Kier alpha value is -3.59. The van der Waals surface area contributed by atoms with E-state index in [4.69, 9.17) is 4.74 Å². The molecule has 5 rings (SSSR count). The smallest absolute Gasteiger partial charge is 0.247 e. The predicted octanol–water partition coefficient (Wildman–Crippen LogP) is 4.74. The monoisotopic (exact) mass is 446 g/mol. The maximum Gasteiger partial charge on any atom is 0.247 e. The molecule has 162 valence electrons. The maximum atomic E-state index is 11.1. The average molecular weight is 447 g/mol. The van der Waals surface area contributed by atoms with E-state index in [1.165, 1.54) is 16.4 Å². The molecule has 1 aliphatic heterocycles. The summed E-state index contributed by atoms with van der Waals surface area (Å²) in [6.45, 7) is 3.95. The van der Waals surface area contributed by atoms with Crippen LogP contribution in [0.4, 0.5) is 5.69 Å². The molecule has 0 radical (unpaired) electrons. The van der Waals surface area contributed by atoms with Crippen LogP contribution in [0.15, 0.2) is 59.8 Å². The van der Waals surface area contributed by atoms with E-state index in [0.29, 0.717) is 28.0 Å². The molecule has 1 unspecified atom stereocenters. The standard InChI is InChI=1S/C23H22N6O2S/c1-3-13-32-23-25-21-19(26-27-23)16-11-7-8-12-17(16)24-20(31-21)18-14(2)28-29(22(18)30)15-9-5-4-6-10-15/h4-12,20,24,30H,3,13H2,1-2H3. The molecule has 9 heteroatoms. The summed E-state index contributed by atoms with van der Waals surface area (Å²) in [6.07, 6.45) is 0.292. The third-order valence-corrected chi connectivity index (χ3v) is 6.16. The zero-order chi connectivity index (χ0) is 22.1. The summed E-state index contributed by atoms with van der Waals surface area (Å²) in [7, 11) is 0. The molecule has 2 aromatic heterocycles. The van der Waals surface area contributed by atoms with Gasteiger partial charge in [0.05, 0.1) is 16.9 Å². The third-order valence-electron chi connectivity index (χ3n) is 5.11. The summed E-state index contributed by atoms with van der Waals surface area (Å²) < 4.78 is 7.81. The second-order valence-electron chi connectivity index (χ2n) is 7.35. The van der Waals surface area contributed by atoms with Gasteiger partial charge in [-0.15, -0.1) is 10.2 Å². The van der Waals surface area contributed by atoms with E-state index in [1.807, 2.05) is 61.5 Å². The molecule has 0 bridgehead atoms. The molecule has 4 aromatic rings. The highest BCUT2D eigenvalue weighted by atomic mass is 32.2. The van der Waals surface area contributed by atoms with Gasteiger partial charge < -0.3 is 15.2 Å². The number of benzene rings is 2. The van der Waals surface area contributed by atoms with Crippen LogP contribution in [0.5, 0.6) is 11.8 Å². The van der Waals surface area contributed by atoms with Gasteiger partial charge in [-0.3, -0.25) is 0 Å². The Labute approximate surface area is 189 Å². The first-order valence-electron chi connectivity index (χ1n) is 10.4. The molecule has 0 spiro atoms. The molecule has 32 heavy (non-hydrogen) atoms. The number of aryl methyl sites for hydroxylation is 1. The number of para-hydroxylation sites is 2. The molecule has 0 saturated carbocycles. The van der Waals surface area contributed by atoms with Crippen molar-refractivity contribution in [3.8, 4) is 28.7 Å². The predicted molar refractivity (Wildman–Crippen MR) is 123 cm³/mol. The number of aromatic nitrogens is 5. The number of nitrogens with one attached hydrogen (secondary N) is 1. The number of hydrogen-bond acceptors (Lipinski definition) is 8. The summed E-state index contributed by atoms with van der Waals surface area (Å²) in [5.41, 5.74) is 4.16. The number of ether oxygens (including phenoxy) is 1.